The number of halogens is 1. The molecule has 0 radical (unpaired) electrons. The van der Waals surface area contributed by atoms with Crippen LogP contribution in [0.25, 0.3) is 0 Å². The van der Waals surface area contributed by atoms with Gasteiger partial charge in [0.25, 0.3) is 0 Å². The number of nitrogens with zero attached hydrogens (tertiary/aromatic N) is 1. The summed E-state index contributed by atoms with van der Waals surface area (Å²) in [7, 11) is 0. The van der Waals surface area contributed by atoms with E-state index in [1.807, 2.05) is 24.3 Å². The number of ketones is 1. The third-order valence-electron chi connectivity index (χ3n) is 6.02. The summed E-state index contributed by atoms with van der Waals surface area (Å²) in [5, 5.41) is 0.719. The first-order valence-corrected chi connectivity index (χ1v) is 10.6. The minimum Gasteiger partial charge on any atom is -0.339 e. The summed E-state index contributed by atoms with van der Waals surface area (Å²) in [6.45, 7) is 0.921. The lowest BCUT2D eigenvalue weighted by Crippen LogP contribution is -2.49. The fraction of sp³-hybridized carbons (Fsp3) is 0.636. The van der Waals surface area contributed by atoms with Gasteiger partial charge in [-0.1, -0.05) is 36.6 Å². The molecule has 1 aromatic carbocycles. The Morgan fingerprint density at radius 3 is 2.50 bits per heavy atom. The standard InChI is InChI=1S/C22H30ClNO2/c23-19-13-10-17(11-14-19)12-15-20(25)7-3-9-22(26)24-16-4-6-18-5-1-2-8-21(18)24/h10-11,13-14,18,21H,1-9,12,15-16H2. The minimum atomic E-state index is 0.252. The quantitative estimate of drug-likeness (QED) is 0.657. The molecule has 0 N–H and O–H groups in total. The number of carbonyl (C=O) groups is 2. The number of aryl methyl sites for hydroxylation is 1. The first kappa shape index (κ1) is 19.4. The van der Waals surface area contributed by atoms with E-state index in [0.29, 0.717) is 31.7 Å². The molecule has 26 heavy (non-hydrogen) atoms. The van der Waals surface area contributed by atoms with E-state index in [1.54, 1.807) is 0 Å². The van der Waals surface area contributed by atoms with E-state index in [4.69, 9.17) is 11.6 Å². The van der Waals surface area contributed by atoms with Gasteiger partial charge < -0.3 is 4.90 Å². The molecular weight excluding hydrogens is 346 g/mol. The maximum Gasteiger partial charge on any atom is 0.222 e. The molecule has 2 aliphatic rings. The van der Waals surface area contributed by atoms with Crippen molar-refractivity contribution >= 4 is 23.3 Å². The highest BCUT2D eigenvalue weighted by molar-refractivity contribution is 6.30. The Kier molecular flexibility index (Phi) is 7.13. The molecule has 2 fully saturated rings. The molecular formula is C22H30ClNO2. The fourth-order valence-electron chi connectivity index (χ4n) is 4.57. The van der Waals surface area contributed by atoms with Crippen molar-refractivity contribution in [2.45, 2.75) is 76.7 Å². The fourth-order valence-corrected chi connectivity index (χ4v) is 4.70. The van der Waals surface area contributed by atoms with E-state index in [-0.39, 0.29) is 11.7 Å². The zero-order valence-electron chi connectivity index (χ0n) is 15.6. The Hall–Kier alpha value is -1.35. The minimum absolute atomic E-state index is 0.252. The van der Waals surface area contributed by atoms with E-state index in [0.717, 1.165) is 35.9 Å². The van der Waals surface area contributed by atoms with E-state index in [1.165, 1.54) is 32.1 Å². The number of carbonyl (C=O) groups excluding carboxylic acids is 2. The van der Waals surface area contributed by atoms with Crippen LogP contribution in [-0.2, 0) is 16.0 Å². The summed E-state index contributed by atoms with van der Waals surface area (Å²) in [6.07, 6.45) is 10.5. The summed E-state index contributed by atoms with van der Waals surface area (Å²) in [5.41, 5.74) is 1.13. The van der Waals surface area contributed by atoms with Gasteiger partial charge in [-0.3, -0.25) is 9.59 Å². The molecule has 0 spiro atoms. The van der Waals surface area contributed by atoms with Crippen molar-refractivity contribution in [3.05, 3.63) is 34.9 Å². The second kappa shape index (κ2) is 9.55. The molecule has 3 rings (SSSR count). The van der Waals surface area contributed by atoms with Gasteiger partial charge >= 0.3 is 0 Å². The van der Waals surface area contributed by atoms with Crippen LogP contribution in [0.5, 0.6) is 0 Å². The van der Waals surface area contributed by atoms with Crippen LogP contribution in [-0.4, -0.2) is 29.2 Å². The monoisotopic (exact) mass is 375 g/mol. The lowest BCUT2D eigenvalue weighted by atomic mass is 9.78. The number of rotatable bonds is 7. The summed E-state index contributed by atoms with van der Waals surface area (Å²) in [4.78, 5) is 26.9. The van der Waals surface area contributed by atoms with Crippen molar-refractivity contribution in [1.82, 2.24) is 4.90 Å². The van der Waals surface area contributed by atoms with Gasteiger partial charge in [0.1, 0.15) is 5.78 Å². The van der Waals surface area contributed by atoms with Crippen molar-refractivity contribution < 1.29 is 9.59 Å². The van der Waals surface area contributed by atoms with E-state index >= 15 is 0 Å². The van der Waals surface area contributed by atoms with Crippen LogP contribution < -0.4 is 0 Å². The molecule has 1 saturated heterocycles. The topological polar surface area (TPSA) is 37.4 Å². The highest BCUT2D eigenvalue weighted by Crippen LogP contribution is 2.35. The Morgan fingerprint density at radius 2 is 1.69 bits per heavy atom. The van der Waals surface area contributed by atoms with Gasteiger partial charge in [0.2, 0.25) is 5.91 Å². The van der Waals surface area contributed by atoms with Crippen LogP contribution in [0.3, 0.4) is 0 Å². The molecule has 1 aromatic rings. The van der Waals surface area contributed by atoms with Gasteiger partial charge in [0, 0.05) is 36.9 Å². The Bertz CT molecular complexity index is 611. The summed E-state index contributed by atoms with van der Waals surface area (Å²) in [6, 6.07) is 8.13. The van der Waals surface area contributed by atoms with Gasteiger partial charge in [-0.25, -0.2) is 0 Å². The maximum absolute atomic E-state index is 12.6. The van der Waals surface area contributed by atoms with Crippen molar-refractivity contribution in [3.63, 3.8) is 0 Å². The molecule has 1 amide bonds. The van der Waals surface area contributed by atoms with Crippen molar-refractivity contribution in [2.75, 3.05) is 6.54 Å². The van der Waals surface area contributed by atoms with Gasteiger partial charge in [0.05, 0.1) is 0 Å². The molecule has 0 aromatic heterocycles. The molecule has 1 heterocycles. The lowest BCUT2D eigenvalue weighted by molar-refractivity contribution is -0.137. The van der Waals surface area contributed by atoms with Gasteiger partial charge in [-0.05, 0) is 62.1 Å². The third kappa shape index (κ3) is 5.33. The maximum atomic E-state index is 12.6. The largest absolute Gasteiger partial charge is 0.339 e. The molecule has 3 nitrogen and oxygen atoms in total. The highest BCUT2D eigenvalue weighted by atomic mass is 35.5. The number of amides is 1. The third-order valence-corrected chi connectivity index (χ3v) is 6.27. The molecule has 1 saturated carbocycles. The molecule has 1 aliphatic carbocycles. The molecule has 4 heteroatoms. The van der Waals surface area contributed by atoms with Crippen LogP contribution >= 0.6 is 11.6 Å². The van der Waals surface area contributed by atoms with Crippen molar-refractivity contribution in [1.29, 1.82) is 0 Å². The van der Waals surface area contributed by atoms with Gasteiger partial charge in [0.15, 0.2) is 0 Å². The predicted molar refractivity (Wildman–Crippen MR) is 105 cm³/mol. The second-order valence-corrected chi connectivity index (χ2v) is 8.30. The summed E-state index contributed by atoms with van der Waals surface area (Å²) < 4.78 is 0. The first-order valence-electron chi connectivity index (χ1n) is 10.2. The zero-order valence-corrected chi connectivity index (χ0v) is 16.3. The number of hydrogen-bond donors (Lipinski definition) is 0. The highest BCUT2D eigenvalue weighted by Gasteiger charge is 2.35. The van der Waals surface area contributed by atoms with Crippen molar-refractivity contribution in [3.8, 4) is 0 Å². The first-order chi connectivity index (χ1) is 12.6. The second-order valence-electron chi connectivity index (χ2n) is 7.86. The van der Waals surface area contributed by atoms with Crippen LogP contribution in [0, 0.1) is 5.92 Å². The number of fused-ring (bicyclic) bond motifs is 1. The van der Waals surface area contributed by atoms with Crippen molar-refractivity contribution in [2.24, 2.45) is 5.92 Å². The van der Waals surface area contributed by atoms with Gasteiger partial charge in [-0.15, -0.1) is 0 Å². The number of likely N-dealkylation sites (tertiary alicyclic amines) is 1. The van der Waals surface area contributed by atoms with E-state index in [9.17, 15) is 9.59 Å². The number of Topliss-reactive ketones (excluding diaryl/α,β-unsaturated/α-hetero) is 1. The van der Waals surface area contributed by atoms with Crippen LogP contribution in [0.2, 0.25) is 5.02 Å². The average molecular weight is 376 g/mol. The van der Waals surface area contributed by atoms with Crippen LogP contribution in [0.1, 0.15) is 69.8 Å². The van der Waals surface area contributed by atoms with Gasteiger partial charge in [-0.2, -0.15) is 0 Å². The number of piperidine rings is 1. The smallest absolute Gasteiger partial charge is 0.222 e. The summed E-state index contributed by atoms with van der Waals surface area (Å²) >= 11 is 5.88. The van der Waals surface area contributed by atoms with E-state index < -0.39 is 0 Å². The molecule has 1 aliphatic heterocycles. The molecule has 2 unspecified atom stereocenters. The lowest BCUT2D eigenvalue weighted by Gasteiger charge is -2.44. The van der Waals surface area contributed by atoms with Crippen LogP contribution in [0.15, 0.2) is 24.3 Å². The zero-order chi connectivity index (χ0) is 18.4. The Labute approximate surface area is 162 Å². The predicted octanol–water partition coefficient (Wildman–Crippen LogP) is 5.19. The summed E-state index contributed by atoms with van der Waals surface area (Å²) in [5.74, 6) is 1.25. The molecule has 2 atom stereocenters. The Balaban J connectivity index is 1.37. The number of hydrogen-bond acceptors (Lipinski definition) is 2. The normalized spacial score (nSPS) is 22.7. The molecule has 0 bridgehead atoms. The molecule has 142 valence electrons. The Morgan fingerprint density at radius 1 is 0.962 bits per heavy atom. The van der Waals surface area contributed by atoms with E-state index in [2.05, 4.69) is 4.90 Å². The SMILES string of the molecule is O=C(CCCC(=O)N1CCCC2CCCCC21)CCc1ccc(Cl)cc1. The average Bonchev–Trinajstić information content (AvgIpc) is 2.67. The number of benzene rings is 1. The van der Waals surface area contributed by atoms with Crippen LogP contribution in [0.4, 0.5) is 0 Å².